The highest BCUT2D eigenvalue weighted by molar-refractivity contribution is 6.16. The first-order chi connectivity index (χ1) is 18.0. The van der Waals surface area contributed by atoms with Gasteiger partial charge in [-0.3, -0.25) is 14.5 Å². The number of carbonyl (C=O) groups is 2. The highest BCUT2D eigenvalue weighted by Gasteiger charge is 2.44. The zero-order valence-electron chi connectivity index (χ0n) is 21.2. The van der Waals surface area contributed by atoms with Crippen LogP contribution in [-0.4, -0.2) is 72.6 Å². The zero-order chi connectivity index (χ0) is 25.9. The summed E-state index contributed by atoms with van der Waals surface area (Å²) >= 11 is 0. The van der Waals surface area contributed by atoms with Gasteiger partial charge >= 0.3 is 0 Å². The summed E-state index contributed by atoms with van der Waals surface area (Å²) < 4.78 is 17.1. The Bertz CT molecular complexity index is 1340. The van der Waals surface area contributed by atoms with Crippen LogP contribution in [0.5, 0.6) is 5.75 Å². The quantitative estimate of drug-likeness (QED) is 0.431. The van der Waals surface area contributed by atoms with Gasteiger partial charge in [0.15, 0.2) is 11.5 Å². The lowest BCUT2D eigenvalue weighted by molar-refractivity contribution is -0.129. The molecule has 1 N–H and O–H groups in total. The Morgan fingerprint density at radius 1 is 1.11 bits per heavy atom. The maximum absolute atomic E-state index is 13.8. The number of rotatable bonds is 9. The molecule has 0 saturated carbocycles. The number of hydrogen-bond donors (Lipinski definition) is 1. The first kappa shape index (κ1) is 25.0. The van der Waals surface area contributed by atoms with E-state index >= 15 is 0 Å². The lowest BCUT2D eigenvalue weighted by Crippen LogP contribution is -2.43. The number of furan rings is 1. The van der Waals surface area contributed by atoms with Crippen LogP contribution in [0.25, 0.3) is 11.0 Å². The predicted molar refractivity (Wildman–Crippen MR) is 139 cm³/mol. The molecule has 8 nitrogen and oxygen atoms in total. The lowest BCUT2D eigenvalue weighted by Gasteiger charge is -2.31. The van der Waals surface area contributed by atoms with Crippen molar-refractivity contribution >= 4 is 22.7 Å². The molecule has 0 radical (unpaired) electrons. The number of nitrogens with zero attached hydrogens (tertiary/aromatic N) is 2. The van der Waals surface area contributed by atoms with Gasteiger partial charge < -0.3 is 23.9 Å². The van der Waals surface area contributed by atoms with Gasteiger partial charge in [-0.25, -0.2) is 0 Å². The summed E-state index contributed by atoms with van der Waals surface area (Å²) in [6, 6.07) is 13.9. The van der Waals surface area contributed by atoms with E-state index in [1.54, 1.807) is 11.0 Å². The first-order valence-electron chi connectivity index (χ1n) is 12.8. The molecule has 5 rings (SSSR count). The van der Waals surface area contributed by atoms with E-state index in [9.17, 15) is 14.7 Å². The predicted octanol–water partition coefficient (Wildman–Crippen LogP) is 4.44. The first-order valence-corrected chi connectivity index (χ1v) is 12.8. The van der Waals surface area contributed by atoms with Gasteiger partial charge in [0.05, 0.1) is 31.4 Å². The molecule has 1 saturated heterocycles. The molecule has 8 heteroatoms. The number of ether oxygens (including phenoxy) is 2. The van der Waals surface area contributed by atoms with E-state index in [1.165, 1.54) is 0 Å². The Morgan fingerprint density at radius 2 is 1.92 bits per heavy atom. The molecular formula is C29H32N2O6. The van der Waals surface area contributed by atoms with Crippen LogP contribution < -0.4 is 4.74 Å². The number of carbonyl (C=O) groups excluding carboxylic acids is 2. The molecule has 1 atom stereocenters. The van der Waals surface area contributed by atoms with Crippen molar-refractivity contribution in [3.05, 3.63) is 76.8 Å². The fourth-order valence-corrected chi connectivity index (χ4v) is 4.94. The van der Waals surface area contributed by atoms with Gasteiger partial charge in [0.1, 0.15) is 11.3 Å². The Hall–Kier alpha value is -3.62. The minimum Gasteiger partial charge on any atom is -0.503 e. The van der Waals surface area contributed by atoms with E-state index in [2.05, 4.69) is 4.90 Å². The summed E-state index contributed by atoms with van der Waals surface area (Å²) in [5, 5.41) is 11.8. The van der Waals surface area contributed by atoms with Gasteiger partial charge in [0, 0.05) is 31.6 Å². The summed E-state index contributed by atoms with van der Waals surface area (Å²) in [4.78, 5) is 30.9. The van der Waals surface area contributed by atoms with Crippen molar-refractivity contribution < 1.29 is 28.6 Å². The van der Waals surface area contributed by atoms with E-state index in [0.717, 1.165) is 30.5 Å². The Balaban J connectivity index is 1.51. The fraction of sp³-hybridized carbons (Fsp3) is 0.379. The number of morpholine rings is 1. The molecule has 1 amide bonds. The van der Waals surface area contributed by atoms with Gasteiger partial charge in [0.25, 0.3) is 5.91 Å². The molecule has 2 aliphatic rings. The standard InChI is InChI=1S/C29H32N2O6/c1-3-13-36-22-6-4-5-20(17-22)26-25(27(32)24-18-21-16-19(2)7-8-23(21)37-24)28(33)29(34)31(26)10-9-30-11-14-35-15-12-30/h4-8,16-18,26,33H,3,9-15H2,1-2H3. The van der Waals surface area contributed by atoms with Crippen molar-refractivity contribution in [2.45, 2.75) is 26.3 Å². The second-order valence-electron chi connectivity index (χ2n) is 9.52. The van der Waals surface area contributed by atoms with Crippen LogP contribution >= 0.6 is 0 Å². The van der Waals surface area contributed by atoms with Crippen molar-refractivity contribution in [3.63, 3.8) is 0 Å². The van der Waals surface area contributed by atoms with Gasteiger partial charge in [0.2, 0.25) is 5.78 Å². The van der Waals surface area contributed by atoms with E-state index < -0.39 is 23.5 Å². The molecule has 0 bridgehead atoms. The summed E-state index contributed by atoms with van der Waals surface area (Å²) in [7, 11) is 0. The van der Waals surface area contributed by atoms with Crippen LogP contribution in [0.2, 0.25) is 0 Å². The molecule has 1 fully saturated rings. The molecule has 3 heterocycles. The van der Waals surface area contributed by atoms with Gasteiger partial charge in [-0.2, -0.15) is 0 Å². The average Bonchev–Trinajstić information content (AvgIpc) is 3.45. The Labute approximate surface area is 216 Å². The largest absolute Gasteiger partial charge is 0.503 e. The molecule has 194 valence electrons. The third kappa shape index (κ3) is 5.12. The molecule has 2 aromatic carbocycles. The van der Waals surface area contributed by atoms with Gasteiger partial charge in [-0.1, -0.05) is 30.7 Å². The van der Waals surface area contributed by atoms with E-state index in [4.69, 9.17) is 13.9 Å². The van der Waals surface area contributed by atoms with Crippen LogP contribution in [0, 0.1) is 6.92 Å². The van der Waals surface area contributed by atoms with Crippen molar-refractivity contribution in [1.29, 1.82) is 0 Å². The van der Waals surface area contributed by atoms with Crippen LogP contribution in [0.4, 0.5) is 0 Å². The van der Waals surface area contributed by atoms with Crippen LogP contribution in [-0.2, 0) is 9.53 Å². The normalized spacial score (nSPS) is 18.7. The second-order valence-corrected chi connectivity index (χ2v) is 9.52. The highest BCUT2D eigenvalue weighted by atomic mass is 16.5. The lowest BCUT2D eigenvalue weighted by atomic mass is 9.94. The van der Waals surface area contributed by atoms with Gasteiger partial charge in [-0.15, -0.1) is 0 Å². The molecular weight excluding hydrogens is 472 g/mol. The minimum absolute atomic E-state index is 0.0235. The number of aliphatic hydroxyl groups excluding tert-OH is 1. The smallest absolute Gasteiger partial charge is 0.290 e. The van der Waals surface area contributed by atoms with Crippen LogP contribution in [0.15, 0.2) is 64.3 Å². The highest BCUT2D eigenvalue weighted by Crippen LogP contribution is 2.40. The molecule has 1 aromatic heterocycles. The number of aliphatic hydroxyl groups is 1. The number of aryl methyl sites for hydroxylation is 1. The number of amides is 1. The van der Waals surface area contributed by atoms with Crippen molar-refractivity contribution in [3.8, 4) is 5.75 Å². The topological polar surface area (TPSA) is 92.5 Å². The van der Waals surface area contributed by atoms with Crippen LogP contribution in [0.3, 0.4) is 0 Å². The average molecular weight is 505 g/mol. The zero-order valence-corrected chi connectivity index (χ0v) is 21.2. The third-order valence-electron chi connectivity index (χ3n) is 6.85. The maximum Gasteiger partial charge on any atom is 0.290 e. The summed E-state index contributed by atoms with van der Waals surface area (Å²) in [6.45, 7) is 8.35. The molecule has 0 spiro atoms. The number of ketones is 1. The third-order valence-corrected chi connectivity index (χ3v) is 6.85. The molecule has 0 aliphatic carbocycles. The Kier molecular flexibility index (Phi) is 7.30. The molecule has 3 aromatic rings. The number of hydrogen-bond acceptors (Lipinski definition) is 7. The summed E-state index contributed by atoms with van der Waals surface area (Å²) in [6.07, 6.45) is 0.855. The number of fused-ring (bicyclic) bond motifs is 1. The summed E-state index contributed by atoms with van der Waals surface area (Å²) in [5.41, 5.74) is 2.34. The molecule has 37 heavy (non-hydrogen) atoms. The van der Waals surface area contributed by atoms with Crippen molar-refractivity contribution in [2.75, 3.05) is 46.0 Å². The number of Topliss-reactive ketones (excluding diaryl/α,β-unsaturated/α-hetero) is 1. The van der Waals surface area contributed by atoms with Crippen molar-refractivity contribution in [1.82, 2.24) is 9.80 Å². The van der Waals surface area contributed by atoms with Gasteiger partial charge in [-0.05, 0) is 49.2 Å². The minimum atomic E-state index is -0.763. The van der Waals surface area contributed by atoms with E-state index in [1.807, 2.05) is 56.3 Å². The second kappa shape index (κ2) is 10.8. The van der Waals surface area contributed by atoms with Crippen molar-refractivity contribution in [2.24, 2.45) is 0 Å². The van der Waals surface area contributed by atoms with Crippen LogP contribution in [0.1, 0.15) is 41.1 Å². The number of benzene rings is 2. The molecule has 1 unspecified atom stereocenters. The SMILES string of the molecule is CCCOc1cccc(C2C(C(=O)c3cc4cc(C)ccc4o3)=C(O)C(=O)N2CCN2CCOCC2)c1. The Morgan fingerprint density at radius 3 is 2.70 bits per heavy atom. The fourth-order valence-electron chi connectivity index (χ4n) is 4.94. The van der Waals surface area contributed by atoms with E-state index in [0.29, 0.717) is 49.8 Å². The maximum atomic E-state index is 13.8. The van der Waals surface area contributed by atoms with E-state index in [-0.39, 0.29) is 11.3 Å². The monoisotopic (exact) mass is 504 g/mol. The summed E-state index contributed by atoms with van der Waals surface area (Å²) in [5.74, 6) is -0.855. The molecule has 2 aliphatic heterocycles.